The lowest BCUT2D eigenvalue weighted by molar-refractivity contribution is -0.289. The van der Waals surface area contributed by atoms with E-state index in [1.807, 2.05) is 0 Å². The van der Waals surface area contributed by atoms with Gasteiger partial charge in [-0.15, -0.1) is 0 Å². The molecule has 10 nitrogen and oxygen atoms in total. The molecule has 1 aliphatic rings. The molecule has 0 aromatic rings. The van der Waals surface area contributed by atoms with E-state index in [9.17, 15) is 24.3 Å². The molecular formula is C13H18O10. The first kappa shape index (κ1) is 18.8. The highest BCUT2D eigenvalue weighted by atomic mass is 16.7. The summed E-state index contributed by atoms with van der Waals surface area (Å²) in [4.78, 5) is 45.5. The molecule has 0 amide bonds. The van der Waals surface area contributed by atoms with E-state index in [0.717, 1.165) is 27.9 Å². The fourth-order valence-electron chi connectivity index (χ4n) is 2.10. The molecule has 0 radical (unpaired) electrons. The Morgan fingerprint density at radius 2 is 1.26 bits per heavy atom. The van der Waals surface area contributed by atoms with Crippen LogP contribution in [0.5, 0.6) is 0 Å². The lowest BCUT2D eigenvalue weighted by atomic mass is 9.98. The Morgan fingerprint density at radius 3 is 1.70 bits per heavy atom. The SMILES string of the molecule is COC(=O)C1OC(O)[C@H](OC(C)=O)C(OC(C)=O)[C@@H]1OC(C)=O. The highest BCUT2D eigenvalue weighted by molar-refractivity contribution is 5.77. The van der Waals surface area contributed by atoms with Crippen molar-refractivity contribution in [1.29, 1.82) is 0 Å². The van der Waals surface area contributed by atoms with Gasteiger partial charge in [0.2, 0.25) is 0 Å². The van der Waals surface area contributed by atoms with Crippen molar-refractivity contribution in [3.8, 4) is 0 Å². The third-order valence-electron chi connectivity index (χ3n) is 2.85. The van der Waals surface area contributed by atoms with E-state index in [4.69, 9.17) is 18.9 Å². The Balaban J connectivity index is 3.21. The lowest BCUT2D eigenvalue weighted by Gasteiger charge is -2.41. The first-order chi connectivity index (χ1) is 10.7. The molecule has 5 atom stereocenters. The molecule has 0 aromatic heterocycles. The fourth-order valence-corrected chi connectivity index (χ4v) is 2.10. The minimum Gasteiger partial charge on any atom is -0.467 e. The molecule has 10 heteroatoms. The Bertz CT molecular complexity index is 487. The van der Waals surface area contributed by atoms with Gasteiger partial charge in [0.25, 0.3) is 0 Å². The number of esters is 4. The van der Waals surface area contributed by atoms with Gasteiger partial charge in [-0.3, -0.25) is 14.4 Å². The summed E-state index contributed by atoms with van der Waals surface area (Å²) in [5.74, 6) is -3.37. The second-order valence-corrected chi connectivity index (χ2v) is 4.69. The highest BCUT2D eigenvalue weighted by Gasteiger charge is 2.54. The molecule has 1 aliphatic heterocycles. The maximum absolute atomic E-state index is 11.8. The molecule has 23 heavy (non-hydrogen) atoms. The first-order valence-corrected chi connectivity index (χ1v) is 6.60. The molecule has 1 N–H and O–H groups in total. The average Bonchev–Trinajstić information content (AvgIpc) is 2.43. The molecular weight excluding hydrogens is 316 g/mol. The van der Waals surface area contributed by atoms with Gasteiger partial charge in [-0.05, 0) is 0 Å². The quantitative estimate of drug-likeness (QED) is 0.486. The predicted octanol–water partition coefficient (Wildman–Crippen LogP) is -1.33. The van der Waals surface area contributed by atoms with Crippen molar-refractivity contribution < 1.29 is 48.0 Å². The van der Waals surface area contributed by atoms with Crippen LogP contribution in [0.1, 0.15) is 20.8 Å². The van der Waals surface area contributed by atoms with Crippen LogP contribution in [-0.2, 0) is 42.9 Å². The third-order valence-corrected chi connectivity index (χ3v) is 2.85. The van der Waals surface area contributed by atoms with Gasteiger partial charge in [-0.25, -0.2) is 4.79 Å². The zero-order chi connectivity index (χ0) is 17.7. The smallest absolute Gasteiger partial charge is 0.339 e. The number of hydrogen-bond acceptors (Lipinski definition) is 10. The molecule has 3 unspecified atom stereocenters. The van der Waals surface area contributed by atoms with Crippen molar-refractivity contribution in [3.63, 3.8) is 0 Å². The minimum atomic E-state index is -1.79. The van der Waals surface area contributed by atoms with Crippen molar-refractivity contribution in [1.82, 2.24) is 0 Å². The summed E-state index contributed by atoms with van der Waals surface area (Å²) >= 11 is 0. The second kappa shape index (κ2) is 7.88. The molecule has 0 saturated carbocycles. The topological polar surface area (TPSA) is 135 Å². The number of rotatable bonds is 4. The molecule has 0 spiro atoms. The van der Waals surface area contributed by atoms with E-state index in [1.54, 1.807) is 0 Å². The van der Waals surface area contributed by atoms with Crippen LogP contribution in [0.3, 0.4) is 0 Å². The molecule has 1 saturated heterocycles. The summed E-state index contributed by atoms with van der Waals surface area (Å²) in [6, 6.07) is 0. The molecule has 0 aliphatic carbocycles. The largest absolute Gasteiger partial charge is 0.467 e. The van der Waals surface area contributed by atoms with Gasteiger partial charge in [-0.1, -0.05) is 0 Å². The van der Waals surface area contributed by atoms with E-state index in [2.05, 4.69) is 4.74 Å². The van der Waals surface area contributed by atoms with Gasteiger partial charge < -0.3 is 28.8 Å². The van der Waals surface area contributed by atoms with E-state index in [0.29, 0.717) is 0 Å². The first-order valence-electron chi connectivity index (χ1n) is 6.60. The van der Waals surface area contributed by atoms with E-state index in [-0.39, 0.29) is 0 Å². The van der Waals surface area contributed by atoms with Crippen LogP contribution in [0.2, 0.25) is 0 Å². The number of aliphatic hydroxyl groups excluding tert-OH is 1. The van der Waals surface area contributed by atoms with E-state index < -0.39 is 54.6 Å². The number of hydrogen-bond donors (Lipinski definition) is 1. The Hall–Kier alpha value is -2.20. The van der Waals surface area contributed by atoms with Gasteiger partial charge in [0.15, 0.2) is 30.7 Å². The fraction of sp³-hybridized carbons (Fsp3) is 0.692. The standard InChI is InChI=1S/C13H18O10/c1-5(14)20-8-9(21-6(2)15)11(22-7(3)16)13(18)23-10(8)12(17)19-4/h8-11,13,18H,1-4H3/t8-,9?,10?,11+,13?/m0/s1. The van der Waals surface area contributed by atoms with Crippen molar-refractivity contribution >= 4 is 23.9 Å². The van der Waals surface area contributed by atoms with Crippen LogP contribution in [0.15, 0.2) is 0 Å². The monoisotopic (exact) mass is 334 g/mol. The van der Waals surface area contributed by atoms with Crippen molar-refractivity contribution in [2.45, 2.75) is 51.5 Å². The minimum absolute atomic E-state index is 0.798. The summed E-state index contributed by atoms with van der Waals surface area (Å²) in [7, 11) is 1.06. The second-order valence-electron chi connectivity index (χ2n) is 4.69. The molecule has 0 aromatic carbocycles. The number of carbonyl (C=O) groups is 4. The van der Waals surface area contributed by atoms with Crippen LogP contribution in [-0.4, -0.2) is 66.8 Å². The summed E-state index contributed by atoms with van der Waals surface area (Å²) in [6.45, 7) is 3.18. The maximum Gasteiger partial charge on any atom is 0.339 e. The van der Waals surface area contributed by atoms with Crippen molar-refractivity contribution in [3.05, 3.63) is 0 Å². The van der Waals surface area contributed by atoms with Crippen molar-refractivity contribution in [2.75, 3.05) is 7.11 Å². The maximum atomic E-state index is 11.8. The summed E-state index contributed by atoms with van der Waals surface area (Å²) in [5, 5.41) is 9.93. The lowest BCUT2D eigenvalue weighted by Crippen LogP contribution is -2.63. The molecule has 130 valence electrons. The Morgan fingerprint density at radius 1 is 0.826 bits per heavy atom. The predicted molar refractivity (Wildman–Crippen MR) is 69.6 cm³/mol. The average molecular weight is 334 g/mol. The van der Waals surface area contributed by atoms with Crippen LogP contribution in [0.25, 0.3) is 0 Å². The Kier molecular flexibility index (Phi) is 6.46. The van der Waals surface area contributed by atoms with Gasteiger partial charge in [0, 0.05) is 20.8 Å². The van der Waals surface area contributed by atoms with Gasteiger partial charge in [-0.2, -0.15) is 0 Å². The van der Waals surface area contributed by atoms with E-state index in [1.165, 1.54) is 0 Å². The van der Waals surface area contributed by atoms with Gasteiger partial charge >= 0.3 is 23.9 Å². The summed E-state index contributed by atoms with van der Waals surface area (Å²) < 4.78 is 24.3. The number of aliphatic hydroxyl groups is 1. The van der Waals surface area contributed by atoms with Crippen LogP contribution < -0.4 is 0 Å². The van der Waals surface area contributed by atoms with Gasteiger partial charge in [0.05, 0.1) is 7.11 Å². The Labute approximate surface area is 131 Å². The summed E-state index contributed by atoms with van der Waals surface area (Å²) in [5.41, 5.74) is 0. The zero-order valence-electron chi connectivity index (χ0n) is 13.0. The third kappa shape index (κ3) is 4.89. The number of methoxy groups -OCH3 is 1. The van der Waals surface area contributed by atoms with Crippen molar-refractivity contribution in [2.24, 2.45) is 0 Å². The normalized spacial score (nSPS) is 30.0. The van der Waals surface area contributed by atoms with Crippen LogP contribution in [0, 0.1) is 0 Å². The van der Waals surface area contributed by atoms with E-state index >= 15 is 0 Å². The number of carbonyl (C=O) groups excluding carboxylic acids is 4. The van der Waals surface area contributed by atoms with Gasteiger partial charge in [0.1, 0.15) is 0 Å². The summed E-state index contributed by atoms with van der Waals surface area (Å²) in [6.07, 6.45) is -7.75. The molecule has 1 fully saturated rings. The zero-order valence-corrected chi connectivity index (χ0v) is 13.0. The van der Waals surface area contributed by atoms with Crippen LogP contribution >= 0.6 is 0 Å². The molecule has 0 bridgehead atoms. The molecule has 1 rings (SSSR count). The highest BCUT2D eigenvalue weighted by Crippen LogP contribution is 2.28. The van der Waals surface area contributed by atoms with Crippen LogP contribution in [0.4, 0.5) is 0 Å². The molecule has 1 heterocycles. The number of ether oxygens (including phenoxy) is 5.